The predicted molar refractivity (Wildman–Crippen MR) is 135 cm³/mol. The number of guanidine groups is 1. The normalized spacial score (nSPS) is 11.3. The highest BCUT2D eigenvalue weighted by Crippen LogP contribution is 2.29. The summed E-state index contributed by atoms with van der Waals surface area (Å²) in [4.78, 5) is 17.8. The molecule has 0 bridgehead atoms. The lowest BCUT2D eigenvalue weighted by Crippen LogP contribution is -2.36. The monoisotopic (exact) mass is 463 g/mol. The molecule has 0 unspecified atom stereocenters. The number of ether oxygens (including phenoxy) is 2. The molecule has 0 aliphatic rings. The zero-order valence-electron chi connectivity index (χ0n) is 20.9. The largest absolute Gasteiger partial charge is 0.493 e. The summed E-state index contributed by atoms with van der Waals surface area (Å²) in [5.41, 5.74) is 6.35. The Morgan fingerprint density at radius 3 is 2.26 bits per heavy atom. The van der Waals surface area contributed by atoms with Gasteiger partial charge in [0, 0.05) is 35.1 Å². The average Bonchev–Trinajstić information content (AvgIpc) is 3.09. The van der Waals surface area contributed by atoms with E-state index < -0.39 is 0 Å². The fraction of sp³-hybridized carbons (Fsp3) is 0.346. The number of aromatic nitrogens is 2. The van der Waals surface area contributed by atoms with Crippen LogP contribution in [0.5, 0.6) is 11.5 Å². The maximum absolute atomic E-state index is 13.1. The molecule has 1 heterocycles. The van der Waals surface area contributed by atoms with Crippen LogP contribution >= 0.6 is 0 Å². The van der Waals surface area contributed by atoms with Crippen molar-refractivity contribution in [2.45, 2.75) is 47.7 Å². The molecular weight excluding hydrogens is 430 g/mol. The highest BCUT2D eigenvalue weighted by Gasteiger charge is 2.14. The number of anilines is 1. The lowest BCUT2D eigenvalue weighted by Gasteiger charge is -2.14. The third-order valence-electron chi connectivity index (χ3n) is 5.59. The van der Waals surface area contributed by atoms with Gasteiger partial charge in [0.25, 0.3) is 5.91 Å². The summed E-state index contributed by atoms with van der Waals surface area (Å²) in [6.07, 6.45) is 0. The van der Waals surface area contributed by atoms with Crippen molar-refractivity contribution < 1.29 is 14.3 Å². The minimum absolute atomic E-state index is 0.240. The summed E-state index contributed by atoms with van der Waals surface area (Å²) in [6, 6.07) is 11.2. The summed E-state index contributed by atoms with van der Waals surface area (Å²) in [6.45, 7) is 11.2. The SMILES string of the molecule is CCn1nc(C)c(CN=C(NC(=O)c2cc(C)cc(C)c2)Nc2ccc(OC)c(OC)c2)c1C. The number of benzene rings is 2. The Balaban J connectivity index is 1.93. The van der Waals surface area contributed by atoms with E-state index in [4.69, 9.17) is 14.5 Å². The van der Waals surface area contributed by atoms with Crippen LogP contribution in [0.4, 0.5) is 5.69 Å². The van der Waals surface area contributed by atoms with Gasteiger partial charge in [-0.2, -0.15) is 5.10 Å². The number of nitrogens with one attached hydrogen (secondary N) is 2. The van der Waals surface area contributed by atoms with Crippen LogP contribution < -0.4 is 20.1 Å². The van der Waals surface area contributed by atoms with Crippen molar-refractivity contribution >= 4 is 17.6 Å². The molecule has 0 spiro atoms. The van der Waals surface area contributed by atoms with Crippen LogP contribution in [0.15, 0.2) is 41.4 Å². The van der Waals surface area contributed by atoms with E-state index in [9.17, 15) is 4.79 Å². The molecule has 8 heteroatoms. The number of methoxy groups -OCH3 is 2. The van der Waals surface area contributed by atoms with Gasteiger partial charge in [-0.1, -0.05) is 17.2 Å². The predicted octanol–water partition coefficient (Wildman–Crippen LogP) is 4.55. The Morgan fingerprint density at radius 2 is 1.68 bits per heavy atom. The van der Waals surface area contributed by atoms with Gasteiger partial charge in [0.1, 0.15) is 0 Å². The number of amides is 1. The number of hydrogen-bond donors (Lipinski definition) is 2. The number of aryl methyl sites for hydroxylation is 4. The van der Waals surface area contributed by atoms with Crippen molar-refractivity contribution in [2.24, 2.45) is 4.99 Å². The lowest BCUT2D eigenvalue weighted by atomic mass is 10.1. The zero-order valence-corrected chi connectivity index (χ0v) is 20.9. The molecule has 1 aromatic heterocycles. The van der Waals surface area contributed by atoms with Gasteiger partial charge in [-0.25, -0.2) is 4.99 Å². The van der Waals surface area contributed by atoms with Gasteiger partial charge in [0.2, 0.25) is 5.96 Å². The van der Waals surface area contributed by atoms with Gasteiger partial charge >= 0.3 is 0 Å². The molecule has 0 atom stereocenters. The van der Waals surface area contributed by atoms with Crippen molar-refractivity contribution in [3.63, 3.8) is 0 Å². The molecule has 34 heavy (non-hydrogen) atoms. The van der Waals surface area contributed by atoms with Crippen molar-refractivity contribution in [3.05, 3.63) is 70.0 Å². The Bertz CT molecular complexity index is 1190. The van der Waals surface area contributed by atoms with Crippen LogP contribution in [-0.2, 0) is 13.1 Å². The van der Waals surface area contributed by atoms with Crippen LogP contribution in [0.1, 0.15) is 45.4 Å². The zero-order chi connectivity index (χ0) is 24.8. The van der Waals surface area contributed by atoms with E-state index in [1.807, 2.05) is 56.6 Å². The molecular formula is C26H33N5O3. The smallest absolute Gasteiger partial charge is 0.257 e. The fourth-order valence-corrected chi connectivity index (χ4v) is 3.88. The van der Waals surface area contributed by atoms with Crippen LogP contribution in [-0.4, -0.2) is 35.9 Å². The van der Waals surface area contributed by atoms with E-state index in [2.05, 4.69) is 22.7 Å². The number of rotatable bonds is 7. The molecule has 2 aromatic carbocycles. The van der Waals surface area contributed by atoms with Crippen LogP contribution in [0.2, 0.25) is 0 Å². The van der Waals surface area contributed by atoms with Crippen molar-refractivity contribution in [1.29, 1.82) is 0 Å². The summed E-state index contributed by atoms with van der Waals surface area (Å²) < 4.78 is 12.7. The molecule has 2 N–H and O–H groups in total. The summed E-state index contributed by atoms with van der Waals surface area (Å²) >= 11 is 0. The number of aliphatic imine (C=N–C) groups is 1. The lowest BCUT2D eigenvalue weighted by molar-refractivity contribution is 0.0976. The molecule has 0 saturated carbocycles. The van der Waals surface area contributed by atoms with E-state index in [-0.39, 0.29) is 5.91 Å². The second kappa shape index (κ2) is 10.9. The van der Waals surface area contributed by atoms with E-state index in [1.54, 1.807) is 26.4 Å². The van der Waals surface area contributed by atoms with Crippen LogP contribution in [0.25, 0.3) is 0 Å². The summed E-state index contributed by atoms with van der Waals surface area (Å²) in [7, 11) is 3.17. The van der Waals surface area contributed by atoms with E-state index >= 15 is 0 Å². The van der Waals surface area contributed by atoms with Gasteiger partial charge in [0.05, 0.1) is 26.5 Å². The van der Waals surface area contributed by atoms with Crippen molar-refractivity contribution in [2.75, 3.05) is 19.5 Å². The van der Waals surface area contributed by atoms with Crippen molar-refractivity contribution in [3.8, 4) is 11.5 Å². The minimum Gasteiger partial charge on any atom is -0.493 e. The maximum atomic E-state index is 13.1. The van der Waals surface area contributed by atoms with Crippen LogP contribution in [0, 0.1) is 27.7 Å². The first-order valence-electron chi connectivity index (χ1n) is 11.2. The molecule has 0 saturated heterocycles. The third kappa shape index (κ3) is 5.75. The quantitative estimate of drug-likeness (QED) is 0.396. The molecule has 0 radical (unpaired) electrons. The molecule has 0 aliphatic carbocycles. The third-order valence-corrected chi connectivity index (χ3v) is 5.59. The fourth-order valence-electron chi connectivity index (χ4n) is 3.88. The molecule has 1 amide bonds. The molecule has 8 nitrogen and oxygen atoms in total. The number of nitrogens with zero attached hydrogens (tertiary/aromatic N) is 3. The molecule has 0 fully saturated rings. The van der Waals surface area contributed by atoms with Gasteiger partial charge in [0.15, 0.2) is 11.5 Å². The van der Waals surface area contributed by atoms with Crippen molar-refractivity contribution in [1.82, 2.24) is 15.1 Å². The minimum atomic E-state index is -0.240. The van der Waals surface area contributed by atoms with E-state index in [0.717, 1.165) is 34.6 Å². The van der Waals surface area contributed by atoms with Gasteiger partial charge < -0.3 is 14.8 Å². The first-order valence-corrected chi connectivity index (χ1v) is 11.2. The number of carbonyl (C=O) groups excluding carboxylic acids is 1. The molecule has 0 aliphatic heterocycles. The Hall–Kier alpha value is -3.81. The first kappa shape index (κ1) is 24.8. The second-order valence-electron chi connectivity index (χ2n) is 8.16. The summed E-state index contributed by atoms with van der Waals surface area (Å²) in [5.74, 6) is 1.28. The van der Waals surface area contributed by atoms with E-state index in [0.29, 0.717) is 35.3 Å². The number of hydrogen-bond acceptors (Lipinski definition) is 5. The van der Waals surface area contributed by atoms with Gasteiger partial charge in [-0.3, -0.25) is 14.8 Å². The molecule has 3 rings (SSSR count). The Labute approximate surface area is 201 Å². The van der Waals surface area contributed by atoms with Gasteiger partial charge in [-0.15, -0.1) is 0 Å². The average molecular weight is 464 g/mol. The summed E-state index contributed by atoms with van der Waals surface area (Å²) in [5, 5.41) is 10.7. The molecule has 180 valence electrons. The topological polar surface area (TPSA) is 89.8 Å². The standard InChI is InChI=1S/C26H33N5O3/c1-8-31-19(5)22(18(4)30-31)15-27-26(28-21-9-10-23(33-6)24(14-21)34-7)29-25(32)20-12-16(2)11-17(3)13-20/h9-14H,8,15H2,1-7H3,(H2,27,28,29,32). The first-order chi connectivity index (χ1) is 16.2. The van der Waals surface area contributed by atoms with Gasteiger partial charge in [-0.05, 0) is 58.9 Å². The van der Waals surface area contributed by atoms with E-state index in [1.165, 1.54) is 0 Å². The Kier molecular flexibility index (Phi) is 7.94. The Morgan fingerprint density at radius 1 is 1.00 bits per heavy atom. The maximum Gasteiger partial charge on any atom is 0.257 e. The second-order valence-corrected chi connectivity index (χ2v) is 8.16. The highest BCUT2D eigenvalue weighted by atomic mass is 16.5. The number of carbonyl (C=O) groups is 1. The van der Waals surface area contributed by atoms with Crippen LogP contribution in [0.3, 0.4) is 0 Å². The molecule has 3 aromatic rings. The highest BCUT2D eigenvalue weighted by molar-refractivity contribution is 6.10.